The molecule has 0 bridgehead atoms. The predicted octanol–water partition coefficient (Wildman–Crippen LogP) is 9.53. The maximum Gasteiger partial charge on any atom is 0.410 e. The number of nitrogen functional groups attached to an aromatic ring is 1. The summed E-state index contributed by atoms with van der Waals surface area (Å²) in [7, 11) is 10.0. The topological polar surface area (TPSA) is 413 Å². The molecule has 8 heterocycles. The number of benzene rings is 2. The van der Waals surface area contributed by atoms with Crippen LogP contribution in [0.25, 0.3) is 22.5 Å². The minimum Gasteiger partial charge on any atom is -0.455 e. The van der Waals surface area contributed by atoms with Crippen molar-refractivity contribution in [2.45, 2.75) is 307 Å². The van der Waals surface area contributed by atoms with Crippen molar-refractivity contribution in [3.05, 3.63) is 71.0 Å². The van der Waals surface area contributed by atoms with Gasteiger partial charge in [-0.15, -0.1) is 10.2 Å². The Kier molecular flexibility index (Phi) is 31.4. The average Bonchev–Trinajstić information content (AvgIpc) is 1.57. The normalized spacial score (nSPS) is 36.7. The van der Waals surface area contributed by atoms with E-state index in [4.69, 9.17) is 53.1 Å². The third kappa shape index (κ3) is 20.5. The predicted molar refractivity (Wildman–Crippen MR) is 440 cm³/mol. The van der Waals surface area contributed by atoms with E-state index in [-0.39, 0.29) is 80.3 Å². The Hall–Kier alpha value is -8.46. The van der Waals surface area contributed by atoms with Gasteiger partial charge in [0, 0.05) is 117 Å². The number of nitro benzene ring substituents is 1. The molecule has 2 aromatic carbocycles. The Balaban J connectivity index is 0.000000277. The van der Waals surface area contributed by atoms with Crippen LogP contribution in [0.5, 0.6) is 0 Å². The van der Waals surface area contributed by atoms with Crippen molar-refractivity contribution in [3.8, 4) is 22.5 Å². The number of rotatable bonds is 23. The van der Waals surface area contributed by atoms with Crippen molar-refractivity contribution in [1.29, 1.82) is 0 Å². The number of unbranched alkanes of at least 4 members (excludes halogenated alkanes) is 2. The number of carbonyl (C=O) groups is 8. The number of likely N-dealkylation sites (N-methyl/N-ethyl adjacent to an activating group) is 2. The molecule has 10 rings (SSSR count). The molecule has 0 saturated carbocycles. The van der Waals surface area contributed by atoms with Crippen molar-refractivity contribution < 1.29 is 110 Å². The summed E-state index contributed by atoms with van der Waals surface area (Å²) in [6.07, 6.45) is -5.67. The number of amides is 2. The average molecular weight is 1720 g/mol. The summed E-state index contributed by atoms with van der Waals surface area (Å²) in [5.74, 6) is -11.9. The zero-order chi connectivity index (χ0) is 90.5. The van der Waals surface area contributed by atoms with Gasteiger partial charge in [-0.2, -0.15) is 0 Å². The van der Waals surface area contributed by atoms with Crippen LogP contribution in [0.4, 0.5) is 29.7 Å². The third-order valence-electron chi connectivity index (χ3n) is 26.1. The highest BCUT2D eigenvalue weighted by Gasteiger charge is 2.65. The van der Waals surface area contributed by atoms with Gasteiger partial charge < -0.3 is 82.9 Å². The molecule has 0 aliphatic carbocycles. The third-order valence-corrected chi connectivity index (χ3v) is 26.1. The number of nitro groups is 1. The number of halogens is 2. The Morgan fingerprint density at radius 3 is 1.29 bits per heavy atom. The van der Waals surface area contributed by atoms with E-state index in [2.05, 4.69) is 20.6 Å². The molecule has 2 amide bonds. The molecule has 4 N–H and O–H groups in total. The van der Waals surface area contributed by atoms with E-state index < -0.39 is 171 Å². The number of aliphatic hydroxyl groups is 2. The Bertz CT molecular complexity index is 4360. The highest BCUT2D eigenvalue weighted by Crippen LogP contribution is 2.47. The monoisotopic (exact) mass is 1720 g/mol. The van der Waals surface area contributed by atoms with Gasteiger partial charge in [-0.25, -0.2) is 28.0 Å². The minimum absolute atomic E-state index is 0.0111. The first-order chi connectivity index (χ1) is 57.1. The zero-order valence-corrected chi connectivity index (χ0v) is 74.5. The van der Waals surface area contributed by atoms with Gasteiger partial charge in [0.25, 0.3) is 17.0 Å². The molecular weight excluding hydrogens is 1590 g/mol. The van der Waals surface area contributed by atoms with Crippen LogP contribution in [-0.4, -0.2) is 287 Å². The maximum absolute atomic E-state index is 16.9. The van der Waals surface area contributed by atoms with Gasteiger partial charge in [-0.1, -0.05) is 90.1 Å². The molecule has 36 heteroatoms. The first-order valence-electron chi connectivity index (χ1n) is 42.4. The van der Waals surface area contributed by atoms with E-state index in [1.165, 1.54) is 50.0 Å². The molecule has 2 unspecified atom stereocenters. The zero-order valence-electron chi connectivity index (χ0n) is 74.5. The number of hydrogen-bond donors (Lipinski definition) is 3. The van der Waals surface area contributed by atoms with Crippen molar-refractivity contribution in [2.75, 3.05) is 61.2 Å². The van der Waals surface area contributed by atoms with Crippen molar-refractivity contribution in [2.24, 2.45) is 35.5 Å². The number of nitrogens with zero attached hydrogens (tertiary/aromatic N) is 11. The number of aryl methyl sites for hydroxylation is 2. The fourth-order valence-electron chi connectivity index (χ4n) is 19.1. The van der Waals surface area contributed by atoms with Gasteiger partial charge in [0.1, 0.15) is 47.4 Å². The fourth-order valence-corrected chi connectivity index (χ4v) is 19.1. The maximum atomic E-state index is 16.9. The summed E-state index contributed by atoms with van der Waals surface area (Å²) in [5.41, 5.74) is -3.64. The van der Waals surface area contributed by atoms with Crippen LogP contribution in [-0.2, 0) is 89.2 Å². The number of Topliss-reactive ketones (excluding diaryl/α,β-unsaturated/α-hetero) is 4. The minimum atomic E-state index is -3.21. The fraction of sp³-hybridized carbons (Fsp3) is 0.721. The lowest BCUT2D eigenvalue weighted by Crippen LogP contribution is -2.61. The summed E-state index contributed by atoms with van der Waals surface area (Å²) in [6, 6.07) is 10.7. The number of esters is 2. The van der Waals surface area contributed by atoms with Crippen LogP contribution >= 0.6 is 0 Å². The van der Waals surface area contributed by atoms with Crippen LogP contribution < -0.4 is 5.73 Å². The van der Waals surface area contributed by atoms with Crippen molar-refractivity contribution in [1.82, 2.24) is 49.6 Å². The Morgan fingerprint density at radius 1 is 0.566 bits per heavy atom. The number of nitrogens with two attached hydrogens (primary N) is 1. The number of fused-ring (bicyclic) bond motifs is 2. The number of aromatic nitrogens is 6. The summed E-state index contributed by atoms with van der Waals surface area (Å²) < 4.78 is 98.2. The van der Waals surface area contributed by atoms with E-state index >= 15 is 8.78 Å². The van der Waals surface area contributed by atoms with Crippen molar-refractivity contribution >= 4 is 58.6 Å². The molecule has 6 aliphatic rings. The second kappa shape index (κ2) is 39.4. The summed E-state index contributed by atoms with van der Waals surface area (Å²) in [6.45, 7) is 25.9. The van der Waals surface area contributed by atoms with Gasteiger partial charge in [0.2, 0.25) is 0 Å². The standard InChI is InChI=1S/C43H63FN6O12.C43H65FN6O10/c1-12-32-43(8)35(49(40(55)62-43)19-14-13-18-48-23-30(45-46-48)28-16-15-17-29(21-28)50(56)57)26(4)33(51)24(2)22-41(6,58-11)37(27(5)36(53)42(7,44)39(54)60-32)61-38-34(52)31(47(9)10)20-25(3)59-38;1-12-32-43(8)35(50(40(55)60-43)19-14-13-18-49-23-30(46-47-49)28-16-15-17-29(45)21-28)26(4)33(51)24(2)22-41(6,56-11)37(27(5)36(53)42(7,44)39(54)58-32)59-38-34(52)31(48(9)10)20-25(3)57-38/h15-17,21,23-27,31-32,34-35,37-38,52H,12-14,18-20,22H2,1-11H3;15-17,21,23-27,31-32,34-35,37-38,52H,12-14,18-20,22,45H2,1-11H3/t2*24-,25-,26+,27+,31+,32-,34-,35?,37-,38+,41+,42+,43-/m11/s1. The summed E-state index contributed by atoms with van der Waals surface area (Å²) >= 11 is 0. The number of cyclic esters (lactones) is 2. The summed E-state index contributed by atoms with van der Waals surface area (Å²) in [5, 5.41) is 50.9. The van der Waals surface area contributed by atoms with Crippen LogP contribution in [0.1, 0.15) is 175 Å². The lowest BCUT2D eigenvalue weighted by atomic mass is 9.73. The molecule has 6 fully saturated rings. The molecule has 6 aliphatic heterocycles. The van der Waals surface area contributed by atoms with Gasteiger partial charge in [0.15, 0.2) is 35.3 Å². The number of anilines is 1. The van der Waals surface area contributed by atoms with E-state index in [0.29, 0.717) is 74.3 Å². The van der Waals surface area contributed by atoms with E-state index in [9.17, 15) is 58.7 Å². The van der Waals surface area contributed by atoms with Gasteiger partial charge in [0.05, 0.1) is 65.0 Å². The highest BCUT2D eigenvalue weighted by atomic mass is 19.1. The molecule has 34 nitrogen and oxygen atoms in total. The number of alkyl halides is 2. The van der Waals surface area contributed by atoms with Crippen LogP contribution in [0, 0.1) is 45.6 Å². The molecule has 4 aromatic rings. The Labute approximate surface area is 712 Å². The summed E-state index contributed by atoms with van der Waals surface area (Å²) in [4.78, 5) is 131. The molecule has 678 valence electrons. The van der Waals surface area contributed by atoms with Crippen LogP contribution in [0.2, 0.25) is 0 Å². The van der Waals surface area contributed by atoms with E-state index in [0.717, 1.165) is 19.4 Å². The van der Waals surface area contributed by atoms with Gasteiger partial charge >= 0.3 is 24.1 Å². The quantitative estimate of drug-likeness (QED) is 0.0118. The lowest BCUT2D eigenvalue weighted by molar-refractivity contribution is -0.384. The van der Waals surface area contributed by atoms with Crippen LogP contribution in [0.15, 0.2) is 60.9 Å². The SMILES string of the molecule is CC[C@H]1OC(=O)[C@@](C)(F)C(=O)[C@H](C)[C@@H](O[C@@H]2O[C@H](C)C[C@H](N(C)C)[C@H]2O)[C@@](C)(OC)C[C@@H](C)C(=O)[C@H](C)C2N(CCCCn3cc(-c4cccc(N)c4)nn3)C(=O)O[C@@]21C.CC[C@H]1OC(=O)[C@@](C)(F)C(=O)[C@H](C)[C@@H](O[C@@H]2O[C@H](C)C[C@H](N(C)C)[C@H]2O)[C@@](C)(OC)C[C@@H](C)C(=O)[C@H](C)C2N(CCCCn3cc(-c4cccc([N+](=O)[O-])c4)nn3)C(=O)O[C@@]21C. The molecule has 0 spiro atoms. The number of ether oxygens (including phenoxy) is 10. The molecule has 26 atom stereocenters. The second-order valence-corrected chi connectivity index (χ2v) is 35.8. The van der Waals surface area contributed by atoms with Gasteiger partial charge in [-0.3, -0.25) is 38.7 Å². The molecule has 122 heavy (non-hydrogen) atoms. The molecule has 0 radical (unpaired) electrons. The van der Waals surface area contributed by atoms with Gasteiger partial charge in [-0.05, 0) is 160 Å². The number of carbonyl (C=O) groups excluding carboxylic acids is 8. The smallest absolute Gasteiger partial charge is 0.410 e. The van der Waals surface area contributed by atoms with E-state index in [1.54, 1.807) is 103 Å². The molecule has 6 saturated heterocycles. The van der Waals surface area contributed by atoms with Crippen LogP contribution in [0.3, 0.4) is 0 Å². The van der Waals surface area contributed by atoms with Crippen molar-refractivity contribution in [3.63, 3.8) is 0 Å². The first-order valence-corrected chi connectivity index (χ1v) is 42.4. The number of hydrogen-bond acceptors (Lipinski definition) is 29. The number of aliphatic hydroxyl groups excluding tert-OH is 2. The molecule has 2 aromatic heterocycles. The van der Waals surface area contributed by atoms with E-state index in [1.807, 2.05) is 76.2 Å². The Morgan fingerprint density at radius 2 is 0.934 bits per heavy atom. The largest absolute Gasteiger partial charge is 0.455 e. The first kappa shape index (κ1) is 97.3. The lowest BCUT2D eigenvalue weighted by Gasteiger charge is -2.47. The molecular formula is C86H128F2N12O22. The number of ketones is 4. The number of methoxy groups -OCH3 is 2. The second-order valence-electron chi connectivity index (χ2n) is 35.8. The highest BCUT2D eigenvalue weighted by molar-refractivity contribution is 6.08. The number of non-ortho nitro benzene ring substituents is 1.